The molecule has 0 aliphatic heterocycles. The normalized spacial score (nSPS) is 10.1. The lowest BCUT2D eigenvalue weighted by atomic mass is 10.2. The van der Waals surface area contributed by atoms with Gasteiger partial charge in [-0.2, -0.15) is 10.2 Å². The van der Waals surface area contributed by atoms with Gasteiger partial charge in [-0.15, -0.1) is 0 Å². The van der Waals surface area contributed by atoms with Gasteiger partial charge in [0.15, 0.2) is 0 Å². The fraction of sp³-hybridized carbons (Fsp3) is 0. The van der Waals surface area contributed by atoms with Gasteiger partial charge in [-0.3, -0.25) is 0 Å². The van der Waals surface area contributed by atoms with Gasteiger partial charge < -0.3 is 9.84 Å². The van der Waals surface area contributed by atoms with E-state index in [0.29, 0.717) is 22.2 Å². The van der Waals surface area contributed by atoms with Gasteiger partial charge in [0.05, 0.1) is 11.9 Å². The van der Waals surface area contributed by atoms with E-state index in [1.165, 1.54) is 6.20 Å². The second kappa shape index (κ2) is 5.61. The first-order chi connectivity index (χ1) is 10.2. The lowest BCUT2D eigenvalue weighted by molar-refractivity contribution is 0.435. The van der Waals surface area contributed by atoms with Crippen LogP contribution in [0, 0.1) is 11.3 Å². The molecule has 2 heterocycles. The Bertz CT molecular complexity index is 789. The van der Waals surface area contributed by atoms with Crippen molar-refractivity contribution in [3.05, 3.63) is 53.3 Å². The number of benzene rings is 1. The van der Waals surface area contributed by atoms with Gasteiger partial charge in [0, 0.05) is 10.6 Å². The van der Waals surface area contributed by atoms with Crippen molar-refractivity contribution in [2.75, 3.05) is 5.32 Å². The first-order valence-electron chi connectivity index (χ1n) is 5.97. The minimum atomic E-state index is 0.242. The molecule has 102 valence electrons. The maximum Gasteiger partial charge on any atom is 0.326 e. The predicted molar refractivity (Wildman–Crippen MR) is 77.0 cm³/mol. The first kappa shape index (κ1) is 13.1. The second-order valence-electron chi connectivity index (χ2n) is 4.10. The van der Waals surface area contributed by atoms with E-state index >= 15 is 0 Å². The van der Waals surface area contributed by atoms with Crippen LogP contribution < -0.4 is 5.32 Å². The number of aromatic nitrogens is 3. The zero-order valence-electron chi connectivity index (χ0n) is 10.6. The van der Waals surface area contributed by atoms with Crippen molar-refractivity contribution in [3.8, 4) is 17.5 Å². The molecule has 0 amide bonds. The van der Waals surface area contributed by atoms with E-state index in [4.69, 9.17) is 21.4 Å². The smallest absolute Gasteiger partial charge is 0.315 e. The highest BCUT2D eigenvalue weighted by atomic mass is 35.5. The third-order valence-electron chi connectivity index (χ3n) is 2.66. The van der Waals surface area contributed by atoms with E-state index in [2.05, 4.69) is 20.4 Å². The van der Waals surface area contributed by atoms with Gasteiger partial charge in [-0.05, 0) is 36.4 Å². The number of nitrogens with zero attached hydrogens (tertiary/aromatic N) is 4. The molecular weight excluding hydrogens is 290 g/mol. The highest BCUT2D eigenvalue weighted by Gasteiger charge is 2.08. The summed E-state index contributed by atoms with van der Waals surface area (Å²) in [7, 11) is 0. The average Bonchev–Trinajstić information content (AvgIpc) is 2.97. The molecule has 21 heavy (non-hydrogen) atoms. The van der Waals surface area contributed by atoms with Gasteiger partial charge in [-0.25, -0.2) is 4.98 Å². The third-order valence-corrected chi connectivity index (χ3v) is 2.91. The summed E-state index contributed by atoms with van der Waals surface area (Å²) < 4.78 is 5.11. The van der Waals surface area contributed by atoms with Gasteiger partial charge in [-0.1, -0.05) is 16.8 Å². The Kier molecular flexibility index (Phi) is 3.50. The number of nitriles is 1. The molecule has 0 radical (unpaired) electrons. The van der Waals surface area contributed by atoms with E-state index in [0.717, 1.165) is 5.56 Å². The second-order valence-corrected chi connectivity index (χ2v) is 4.54. The average molecular weight is 298 g/mol. The van der Waals surface area contributed by atoms with E-state index in [1.54, 1.807) is 36.4 Å². The van der Waals surface area contributed by atoms with Crippen LogP contribution in [0.3, 0.4) is 0 Å². The molecule has 0 spiro atoms. The van der Waals surface area contributed by atoms with Gasteiger partial charge >= 0.3 is 6.01 Å². The van der Waals surface area contributed by atoms with Crippen molar-refractivity contribution in [3.63, 3.8) is 0 Å². The Morgan fingerprint density at radius 2 is 1.95 bits per heavy atom. The Hall–Kier alpha value is -2.91. The molecule has 6 nitrogen and oxygen atoms in total. The van der Waals surface area contributed by atoms with E-state index in [1.807, 2.05) is 6.07 Å². The molecule has 0 atom stereocenters. The van der Waals surface area contributed by atoms with Crippen molar-refractivity contribution in [2.24, 2.45) is 0 Å². The highest BCUT2D eigenvalue weighted by molar-refractivity contribution is 6.30. The summed E-state index contributed by atoms with van der Waals surface area (Å²) in [6.07, 6.45) is 1.52. The standard InChI is InChI=1S/C14H8ClN5O/c15-10-3-1-9(2-4-10)13-19-14(21-20-13)18-12-6-5-11(7-16)17-8-12/h1-6,8H,(H,18,19,20). The van der Waals surface area contributed by atoms with Crippen LogP contribution in [-0.2, 0) is 0 Å². The quantitative estimate of drug-likeness (QED) is 0.797. The number of pyridine rings is 1. The van der Waals surface area contributed by atoms with Crippen LogP contribution in [-0.4, -0.2) is 15.1 Å². The maximum absolute atomic E-state index is 8.68. The lowest BCUT2D eigenvalue weighted by Gasteiger charge is -1.98. The van der Waals surface area contributed by atoms with Crippen molar-refractivity contribution < 1.29 is 4.52 Å². The van der Waals surface area contributed by atoms with E-state index in [9.17, 15) is 0 Å². The molecule has 0 saturated heterocycles. The SMILES string of the molecule is N#Cc1ccc(Nc2nc(-c3ccc(Cl)cc3)no2)cn1. The maximum atomic E-state index is 8.68. The molecule has 1 N–H and O–H groups in total. The molecule has 3 aromatic rings. The van der Waals surface area contributed by atoms with Crippen molar-refractivity contribution >= 4 is 23.3 Å². The fourth-order valence-electron chi connectivity index (χ4n) is 1.65. The highest BCUT2D eigenvalue weighted by Crippen LogP contribution is 2.21. The Morgan fingerprint density at radius 3 is 2.62 bits per heavy atom. The van der Waals surface area contributed by atoms with Crippen LogP contribution in [0.4, 0.5) is 11.7 Å². The van der Waals surface area contributed by atoms with E-state index < -0.39 is 0 Å². The summed E-state index contributed by atoms with van der Waals surface area (Å²) >= 11 is 5.83. The number of halogens is 1. The van der Waals surface area contributed by atoms with Gasteiger partial charge in [0.1, 0.15) is 11.8 Å². The molecule has 0 fully saturated rings. The first-order valence-corrected chi connectivity index (χ1v) is 6.35. The van der Waals surface area contributed by atoms with Crippen molar-refractivity contribution in [1.29, 1.82) is 5.26 Å². The molecule has 1 aromatic carbocycles. The number of hydrogen-bond acceptors (Lipinski definition) is 6. The van der Waals surface area contributed by atoms with Crippen LogP contribution in [0.15, 0.2) is 47.1 Å². The summed E-state index contributed by atoms with van der Waals surface area (Å²) in [5.41, 5.74) is 1.79. The Labute approximate surface area is 125 Å². The van der Waals surface area contributed by atoms with Crippen molar-refractivity contribution in [1.82, 2.24) is 15.1 Å². The number of anilines is 2. The summed E-state index contributed by atoms with van der Waals surface area (Å²) in [4.78, 5) is 8.16. The van der Waals surface area contributed by atoms with Crippen LogP contribution in [0.2, 0.25) is 5.02 Å². The molecule has 0 aliphatic rings. The summed E-state index contributed by atoms with van der Waals surface area (Å²) in [5.74, 6) is 0.454. The van der Waals surface area contributed by atoms with E-state index in [-0.39, 0.29) is 6.01 Å². The van der Waals surface area contributed by atoms with Crippen LogP contribution >= 0.6 is 11.6 Å². The molecule has 0 aliphatic carbocycles. The van der Waals surface area contributed by atoms with Gasteiger partial charge in [0.2, 0.25) is 5.82 Å². The molecule has 2 aromatic heterocycles. The minimum absolute atomic E-state index is 0.242. The molecule has 3 rings (SSSR count). The Balaban J connectivity index is 1.78. The molecule has 7 heteroatoms. The zero-order valence-corrected chi connectivity index (χ0v) is 11.4. The molecule has 0 saturated carbocycles. The van der Waals surface area contributed by atoms with Gasteiger partial charge in [0.25, 0.3) is 0 Å². The summed E-state index contributed by atoms with van der Waals surface area (Å²) in [6, 6.07) is 12.6. The largest absolute Gasteiger partial charge is 0.326 e. The minimum Gasteiger partial charge on any atom is -0.315 e. The number of nitrogens with one attached hydrogen (secondary N) is 1. The molecule has 0 unspecified atom stereocenters. The predicted octanol–water partition coefficient (Wildman–Crippen LogP) is 3.40. The number of hydrogen-bond donors (Lipinski definition) is 1. The van der Waals surface area contributed by atoms with Crippen molar-refractivity contribution in [2.45, 2.75) is 0 Å². The summed E-state index contributed by atoms with van der Waals surface area (Å²) in [6.45, 7) is 0. The molecule has 0 bridgehead atoms. The Morgan fingerprint density at radius 1 is 1.14 bits per heavy atom. The van der Waals surface area contributed by atoms with Crippen LogP contribution in [0.25, 0.3) is 11.4 Å². The summed E-state index contributed by atoms with van der Waals surface area (Å²) in [5, 5.41) is 16.1. The topological polar surface area (TPSA) is 87.6 Å². The van der Waals surface area contributed by atoms with Crippen LogP contribution in [0.1, 0.15) is 5.69 Å². The monoisotopic (exact) mass is 297 g/mol. The lowest BCUT2D eigenvalue weighted by Crippen LogP contribution is -1.92. The number of rotatable bonds is 3. The fourth-order valence-corrected chi connectivity index (χ4v) is 1.77. The zero-order chi connectivity index (χ0) is 14.7. The molecular formula is C14H8ClN5O. The third kappa shape index (κ3) is 2.99. The van der Waals surface area contributed by atoms with Crippen LogP contribution in [0.5, 0.6) is 0 Å².